The number of carbonyl (C=O) groups excluding carboxylic acids is 1. The predicted molar refractivity (Wildman–Crippen MR) is 179 cm³/mol. The average molecular weight is 634 g/mol. The van der Waals surface area contributed by atoms with Gasteiger partial charge >= 0.3 is 0 Å². The van der Waals surface area contributed by atoms with Crippen molar-refractivity contribution in [3.8, 4) is 16.9 Å². The van der Waals surface area contributed by atoms with Crippen LogP contribution in [0.5, 0.6) is 5.75 Å². The number of carbonyl (C=O) groups is 1. The number of ether oxygens (including phenoxy) is 1. The van der Waals surface area contributed by atoms with E-state index >= 15 is 0 Å². The first-order valence-corrected chi connectivity index (χ1v) is 16.0. The standard InChI is InChI=1S/C34H38Cl2N6O2/c1-20-18-24(19-21(2)30(20)36)44-17-6-8-25-26-9-10-27(35)29(31(26)42-12-7-11-37-33(43)32(25)42)28-22(3)38-34(39-23(28)4)41-15-13-40(5)14-16-41/h9-11,18-19H,6-8,12-17H2,1-5H3. The van der Waals surface area contributed by atoms with Crippen molar-refractivity contribution in [3.63, 3.8) is 0 Å². The fraction of sp³-hybridized carbons (Fsp3) is 0.412. The summed E-state index contributed by atoms with van der Waals surface area (Å²) in [6, 6.07) is 7.89. The molecule has 1 amide bonds. The Morgan fingerprint density at radius 3 is 2.27 bits per heavy atom. The van der Waals surface area contributed by atoms with Gasteiger partial charge < -0.3 is 19.1 Å². The number of hydrogen-bond donors (Lipinski definition) is 0. The van der Waals surface area contributed by atoms with Gasteiger partial charge in [-0.15, -0.1) is 0 Å². The van der Waals surface area contributed by atoms with Crippen LogP contribution in [0.2, 0.25) is 10.0 Å². The molecule has 44 heavy (non-hydrogen) atoms. The van der Waals surface area contributed by atoms with Crippen LogP contribution in [-0.4, -0.2) is 71.4 Å². The smallest absolute Gasteiger partial charge is 0.293 e. The van der Waals surface area contributed by atoms with E-state index in [4.69, 9.17) is 37.9 Å². The van der Waals surface area contributed by atoms with E-state index in [-0.39, 0.29) is 5.91 Å². The number of aromatic nitrogens is 3. The minimum atomic E-state index is -0.226. The van der Waals surface area contributed by atoms with Crippen LogP contribution in [0.25, 0.3) is 22.0 Å². The molecule has 4 heterocycles. The summed E-state index contributed by atoms with van der Waals surface area (Å²) >= 11 is 13.4. The van der Waals surface area contributed by atoms with Crippen molar-refractivity contribution >= 4 is 52.2 Å². The average Bonchev–Trinajstić information content (AvgIpc) is 3.17. The number of hydrogen-bond acceptors (Lipinski definition) is 6. The van der Waals surface area contributed by atoms with E-state index in [0.29, 0.717) is 36.7 Å². The molecule has 2 aromatic heterocycles. The van der Waals surface area contributed by atoms with Crippen molar-refractivity contribution in [1.82, 2.24) is 19.4 Å². The second kappa shape index (κ2) is 12.5. The van der Waals surface area contributed by atoms with Crippen molar-refractivity contribution in [2.24, 2.45) is 4.99 Å². The van der Waals surface area contributed by atoms with Crippen molar-refractivity contribution in [2.45, 2.75) is 53.5 Å². The fourth-order valence-electron chi connectivity index (χ4n) is 6.48. The largest absolute Gasteiger partial charge is 0.494 e. The number of rotatable bonds is 7. The van der Waals surface area contributed by atoms with Crippen molar-refractivity contribution in [2.75, 3.05) is 44.7 Å². The van der Waals surface area contributed by atoms with Crippen LogP contribution in [0, 0.1) is 27.7 Å². The fourth-order valence-corrected chi connectivity index (χ4v) is 6.84. The molecule has 6 rings (SSSR count). The van der Waals surface area contributed by atoms with E-state index in [1.165, 1.54) is 0 Å². The zero-order chi connectivity index (χ0) is 31.1. The third-order valence-electron chi connectivity index (χ3n) is 8.72. The topological polar surface area (TPSA) is 75.8 Å². The molecule has 2 aliphatic heterocycles. The third kappa shape index (κ3) is 5.71. The summed E-state index contributed by atoms with van der Waals surface area (Å²) in [6.45, 7) is 12.9. The Labute approximate surface area is 268 Å². The minimum absolute atomic E-state index is 0.226. The van der Waals surface area contributed by atoms with Gasteiger partial charge in [0.2, 0.25) is 5.95 Å². The van der Waals surface area contributed by atoms with E-state index in [0.717, 1.165) is 99.4 Å². The molecule has 0 radical (unpaired) electrons. The van der Waals surface area contributed by atoms with E-state index < -0.39 is 0 Å². The third-order valence-corrected chi connectivity index (χ3v) is 9.63. The van der Waals surface area contributed by atoms with Crippen LogP contribution in [-0.2, 0) is 13.0 Å². The zero-order valence-electron chi connectivity index (χ0n) is 26.0. The molecule has 0 aliphatic carbocycles. The van der Waals surface area contributed by atoms with Crippen LogP contribution < -0.4 is 9.64 Å². The van der Waals surface area contributed by atoms with Gasteiger partial charge in [-0.1, -0.05) is 29.3 Å². The highest BCUT2D eigenvalue weighted by molar-refractivity contribution is 6.35. The van der Waals surface area contributed by atoms with Crippen molar-refractivity contribution < 1.29 is 9.53 Å². The number of halogens is 2. The molecular weight excluding hydrogens is 595 g/mol. The number of fused-ring (bicyclic) bond motifs is 3. The zero-order valence-corrected chi connectivity index (χ0v) is 27.5. The first-order valence-electron chi connectivity index (χ1n) is 15.2. The summed E-state index contributed by atoms with van der Waals surface area (Å²) in [5.74, 6) is 1.32. The van der Waals surface area contributed by atoms with E-state index in [1.807, 2.05) is 52.0 Å². The summed E-state index contributed by atoms with van der Waals surface area (Å²) in [6.07, 6.45) is 3.75. The molecule has 4 aromatic rings. The maximum atomic E-state index is 13.4. The first kappa shape index (κ1) is 30.6. The maximum Gasteiger partial charge on any atom is 0.293 e. The number of benzene rings is 2. The molecular formula is C34H38Cl2N6O2. The molecule has 0 bridgehead atoms. The molecule has 0 atom stereocenters. The number of amides is 1. The molecule has 230 valence electrons. The summed E-state index contributed by atoms with van der Waals surface area (Å²) < 4.78 is 8.23. The molecule has 1 saturated heterocycles. The first-order chi connectivity index (χ1) is 21.1. The lowest BCUT2D eigenvalue weighted by molar-refractivity contribution is 0.0995. The molecule has 0 unspecified atom stereocenters. The van der Waals surface area contributed by atoms with Gasteiger partial charge in [0.05, 0.1) is 28.5 Å². The highest BCUT2D eigenvalue weighted by Gasteiger charge is 2.28. The van der Waals surface area contributed by atoms with Gasteiger partial charge in [0, 0.05) is 66.9 Å². The lowest BCUT2D eigenvalue weighted by Gasteiger charge is -2.32. The minimum Gasteiger partial charge on any atom is -0.494 e. The number of nitrogens with zero attached hydrogens (tertiary/aromatic N) is 6. The number of aliphatic imine (C=N–C) groups is 1. The maximum absolute atomic E-state index is 13.4. The van der Waals surface area contributed by atoms with Crippen molar-refractivity contribution in [1.29, 1.82) is 0 Å². The van der Waals surface area contributed by atoms with E-state index in [1.54, 1.807) is 6.21 Å². The Bertz CT molecular complexity index is 1740. The second-order valence-corrected chi connectivity index (χ2v) is 12.7. The summed E-state index contributed by atoms with van der Waals surface area (Å²) in [5.41, 5.74) is 8.05. The van der Waals surface area contributed by atoms with E-state index in [9.17, 15) is 4.79 Å². The summed E-state index contributed by atoms with van der Waals surface area (Å²) in [7, 11) is 2.14. The normalized spacial score (nSPS) is 15.6. The molecule has 0 N–H and O–H groups in total. The van der Waals surface area contributed by atoms with Crippen LogP contribution >= 0.6 is 23.2 Å². The Hall–Kier alpha value is -3.46. The molecule has 0 saturated carbocycles. The number of piperazine rings is 1. The second-order valence-electron chi connectivity index (χ2n) is 11.9. The van der Waals surface area contributed by atoms with Gasteiger partial charge in [-0.25, -0.2) is 15.0 Å². The molecule has 2 aromatic carbocycles. The van der Waals surface area contributed by atoms with Crippen LogP contribution in [0.3, 0.4) is 0 Å². The highest BCUT2D eigenvalue weighted by Crippen LogP contribution is 2.42. The monoisotopic (exact) mass is 632 g/mol. The van der Waals surface area contributed by atoms with Gasteiger partial charge in [-0.05, 0) is 82.5 Å². The number of anilines is 1. The lowest BCUT2D eigenvalue weighted by atomic mass is 9.97. The van der Waals surface area contributed by atoms with Crippen LogP contribution in [0.15, 0.2) is 29.3 Å². The number of aryl methyl sites for hydroxylation is 6. The van der Waals surface area contributed by atoms with Gasteiger partial charge in [-0.2, -0.15) is 0 Å². The van der Waals surface area contributed by atoms with Crippen LogP contribution in [0.4, 0.5) is 5.95 Å². The van der Waals surface area contributed by atoms with Gasteiger partial charge in [0.1, 0.15) is 11.4 Å². The molecule has 8 nitrogen and oxygen atoms in total. The Kier molecular flexibility index (Phi) is 8.68. The van der Waals surface area contributed by atoms with Crippen LogP contribution in [0.1, 0.15) is 51.4 Å². The van der Waals surface area contributed by atoms with E-state index in [2.05, 4.69) is 26.4 Å². The predicted octanol–water partition coefficient (Wildman–Crippen LogP) is 7.02. The summed E-state index contributed by atoms with van der Waals surface area (Å²) in [5, 5.41) is 2.38. The van der Waals surface area contributed by atoms with Crippen molar-refractivity contribution in [3.05, 3.63) is 68.1 Å². The number of likely N-dealkylation sites (N-methyl/N-ethyl adjacent to an activating group) is 1. The van der Waals surface area contributed by atoms with Gasteiger partial charge in [0.15, 0.2) is 0 Å². The van der Waals surface area contributed by atoms with Gasteiger partial charge in [-0.3, -0.25) is 4.79 Å². The lowest BCUT2D eigenvalue weighted by Crippen LogP contribution is -2.45. The van der Waals surface area contributed by atoms with Gasteiger partial charge in [0.25, 0.3) is 5.91 Å². The Morgan fingerprint density at radius 1 is 0.909 bits per heavy atom. The Balaban J connectivity index is 1.39. The molecule has 10 heteroatoms. The highest BCUT2D eigenvalue weighted by atomic mass is 35.5. The summed E-state index contributed by atoms with van der Waals surface area (Å²) in [4.78, 5) is 32.2. The molecule has 0 spiro atoms. The molecule has 1 fully saturated rings. The SMILES string of the molecule is Cc1cc(OCCCc2c3n(c4c(-c5c(C)nc(N6CCN(C)CC6)nc5C)c(Cl)ccc24)CCC=NC3=O)cc(C)c1Cl. The quantitative estimate of drug-likeness (QED) is 0.204. The molecule has 2 aliphatic rings. The Morgan fingerprint density at radius 2 is 1.59 bits per heavy atom.